The molecule has 1 spiro atoms. The molecule has 0 radical (unpaired) electrons. The molecule has 3 N–H and O–H groups in total. The third kappa shape index (κ3) is 5.30. The molecular formula is C24H37N5O4. The monoisotopic (exact) mass is 459 g/mol. The smallest absolute Gasteiger partial charge is 0.321 e. The van der Waals surface area contributed by atoms with Gasteiger partial charge in [-0.15, -0.1) is 0 Å². The maximum atomic E-state index is 13.3. The van der Waals surface area contributed by atoms with Gasteiger partial charge in [-0.25, -0.2) is 4.79 Å². The summed E-state index contributed by atoms with van der Waals surface area (Å²) in [6.45, 7) is 1.36. The van der Waals surface area contributed by atoms with Gasteiger partial charge in [-0.3, -0.25) is 14.5 Å². The van der Waals surface area contributed by atoms with Gasteiger partial charge in [0.05, 0.1) is 12.1 Å². The van der Waals surface area contributed by atoms with Gasteiger partial charge in [-0.2, -0.15) is 0 Å². The SMILES string of the molecule is COCCCN1C(=O)N(CC(=O)NCC(N)=O)C[C@]12CC[C@@](c1ccccc1)(N(C)C)CC2. The van der Waals surface area contributed by atoms with Crippen LogP contribution >= 0.6 is 0 Å². The van der Waals surface area contributed by atoms with Crippen LogP contribution < -0.4 is 11.1 Å². The van der Waals surface area contributed by atoms with Crippen LogP contribution in [0.2, 0.25) is 0 Å². The minimum absolute atomic E-state index is 0.0772. The third-order valence-electron chi connectivity index (χ3n) is 7.26. The van der Waals surface area contributed by atoms with E-state index >= 15 is 0 Å². The molecule has 9 heteroatoms. The summed E-state index contributed by atoms with van der Waals surface area (Å²) in [7, 11) is 5.90. The van der Waals surface area contributed by atoms with Gasteiger partial charge in [-0.05, 0) is 51.8 Å². The summed E-state index contributed by atoms with van der Waals surface area (Å²) >= 11 is 0. The maximum absolute atomic E-state index is 13.3. The number of methoxy groups -OCH3 is 1. The zero-order chi connectivity index (χ0) is 24.1. The lowest BCUT2D eigenvalue weighted by molar-refractivity contribution is -0.125. The Morgan fingerprint density at radius 2 is 1.82 bits per heavy atom. The topological polar surface area (TPSA) is 108 Å². The number of urea groups is 1. The lowest BCUT2D eigenvalue weighted by Gasteiger charge is -2.51. The summed E-state index contributed by atoms with van der Waals surface area (Å²) in [5.74, 6) is -0.985. The molecule has 1 aliphatic carbocycles. The van der Waals surface area contributed by atoms with E-state index in [4.69, 9.17) is 10.5 Å². The second-order valence-electron chi connectivity index (χ2n) is 9.40. The van der Waals surface area contributed by atoms with E-state index < -0.39 is 5.91 Å². The highest BCUT2D eigenvalue weighted by atomic mass is 16.5. The van der Waals surface area contributed by atoms with E-state index in [9.17, 15) is 14.4 Å². The summed E-state index contributed by atoms with van der Waals surface area (Å²) < 4.78 is 5.21. The molecule has 2 aliphatic rings. The zero-order valence-corrected chi connectivity index (χ0v) is 20.0. The van der Waals surface area contributed by atoms with Crippen LogP contribution in [0.3, 0.4) is 0 Å². The first kappa shape index (κ1) is 25.0. The number of carbonyl (C=O) groups is 3. The average molecular weight is 460 g/mol. The Balaban J connectivity index is 1.79. The average Bonchev–Trinajstić information content (AvgIpc) is 3.04. The molecule has 1 heterocycles. The second kappa shape index (κ2) is 10.5. The summed E-state index contributed by atoms with van der Waals surface area (Å²) in [4.78, 5) is 42.5. The highest BCUT2D eigenvalue weighted by Gasteiger charge is 2.54. The number of primary amides is 1. The molecule has 0 aromatic heterocycles. The standard InChI is InChI=1S/C24H37N5O4/c1-27(2)24(19-8-5-4-6-9-19)12-10-23(11-13-24)18-28(17-21(31)26-16-20(25)30)22(32)29(23)14-7-15-33-3/h4-6,8-9H,7,10-18H2,1-3H3,(H2,25,30)(H,26,31)/t23-,24-. The van der Waals surface area contributed by atoms with Crippen molar-refractivity contribution in [3.05, 3.63) is 35.9 Å². The quantitative estimate of drug-likeness (QED) is 0.510. The van der Waals surface area contributed by atoms with Crippen LogP contribution in [-0.2, 0) is 19.9 Å². The van der Waals surface area contributed by atoms with E-state index in [1.54, 1.807) is 12.0 Å². The van der Waals surface area contributed by atoms with Gasteiger partial charge in [0, 0.05) is 32.3 Å². The predicted molar refractivity (Wildman–Crippen MR) is 125 cm³/mol. The molecular weight excluding hydrogens is 422 g/mol. The first-order valence-electron chi connectivity index (χ1n) is 11.6. The van der Waals surface area contributed by atoms with E-state index in [1.165, 1.54) is 5.56 Å². The van der Waals surface area contributed by atoms with Crippen molar-refractivity contribution in [3.63, 3.8) is 0 Å². The summed E-state index contributed by atoms with van der Waals surface area (Å²) in [5, 5.41) is 2.49. The maximum Gasteiger partial charge on any atom is 0.321 e. The molecule has 2 fully saturated rings. The van der Waals surface area contributed by atoms with Crippen LogP contribution in [0.5, 0.6) is 0 Å². The molecule has 1 saturated carbocycles. The van der Waals surface area contributed by atoms with Crippen molar-refractivity contribution in [3.8, 4) is 0 Å². The molecule has 33 heavy (non-hydrogen) atoms. The van der Waals surface area contributed by atoms with Crippen LogP contribution in [0.25, 0.3) is 0 Å². The van der Waals surface area contributed by atoms with E-state index in [-0.39, 0.29) is 36.1 Å². The Labute approximate surface area is 196 Å². The van der Waals surface area contributed by atoms with Crippen molar-refractivity contribution in [1.82, 2.24) is 20.0 Å². The first-order valence-corrected chi connectivity index (χ1v) is 11.6. The van der Waals surface area contributed by atoms with Crippen molar-refractivity contribution in [2.24, 2.45) is 5.73 Å². The Morgan fingerprint density at radius 3 is 2.39 bits per heavy atom. The number of hydrogen-bond donors (Lipinski definition) is 2. The molecule has 0 unspecified atom stereocenters. The van der Waals surface area contributed by atoms with Crippen LogP contribution in [0.15, 0.2) is 30.3 Å². The Kier molecular flexibility index (Phi) is 7.97. The molecule has 0 atom stereocenters. The Bertz CT molecular complexity index is 837. The van der Waals surface area contributed by atoms with Crippen molar-refractivity contribution in [1.29, 1.82) is 0 Å². The second-order valence-corrected chi connectivity index (χ2v) is 9.40. The fourth-order valence-electron chi connectivity index (χ4n) is 5.42. The van der Waals surface area contributed by atoms with E-state index in [2.05, 4.69) is 48.6 Å². The van der Waals surface area contributed by atoms with Crippen molar-refractivity contribution >= 4 is 17.8 Å². The van der Waals surface area contributed by atoms with Gasteiger partial charge in [0.1, 0.15) is 6.54 Å². The summed E-state index contributed by atoms with van der Waals surface area (Å²) in [6.07, 6.45) is 4.26. The summed E-state index contributed by atoms with van der Waals surface area (Å²) in [5.41, 5.74) is 6.01. The van der Waals surface area contributed by atoms with Crippen molar-refractivity contribution in [2.45, 2.75) is 43.2 Å². The fourth-order valence-corrected chi connectivity index (χ4v) is 5.42. The minimum Gasteiger partial charge on any atom is -0.385 e. The van der Waals surface area contributed by atoms with E-state index in [0.717, 1.165) is 32.1 Å². The van der Waals surface area contributed by atoms with E-state index in [1.807, 2.05) is 11.0 Å². The molecule has 1 aromatic rings. The number of amides is 4. The van der Waals surface area contributed by atoms with Crippen molar-refractivity contribution < 1.29 is 19.1 Å². The number of rotatable bonds is 10. The lowest BCUT2D eigenvalue weighted by Crippen LogP contribution is -2.55. The van der Waals surface area contributed by atoms with Crippen LogP contribution in [0, 0.1) is 0 Å². The predicted octanol–water partition coefficient (Wildman–Crippen LogP) is 1.13. The van der Waals surface area contributed by atoms with Crippen LogP contribution in [0.4, 0.5) is 4.79 Å². The lowest BCUT2D eigenvalue weighted by atomic mass is 9.68. The number of carbonyl (C=O) groups excluding carboxylic acids is 3. The molecule has 1 aromatic carbocycles. The molecule has 4 amide bonds. The van der Waals surface area contributed by atoms with Gasteiger partial charge in [0.15, 0.2) is 0 Å². The minimum atomic E-state index is -0.609. The first-order chi connectivity index (χ1) is 15.7. The molecule has 1 saturated heterocycles. The van der Waals surface area contributed by atoms with Crippen LogP contribution in [-0.4, -0.2) is 92.1 Å². The third-order valence-corrected chi connectivity index (χ3v) is 7.26. The van der Waals surface area contributed by atoms with Gasteiger partial charge < -0.3 is 25.6 Å². The fraction of sp³-hybridized carbons (Fsp3) is 0.625. The zero-order valence-electron chi connectivity index (χ0n) is 20.0. The van der Waals surface area contributed by atoms with Gasteiger partial charge in [-0.1, -0.05) is 30.3 Å². The van der Waals surface area contributed by atoms with Gasteiger partial charge >= 0.3 is 6.03 Å². The number of benzene rings is 1. The van der Waals surface area contributed by atoms with E-state index in [0.29, 0.717) is 19.7 Å². The van der Waals surface area contributed by atoms with Crippen LogP contribution in [0.1, 0.15) is 37.7 Å². The van der Waals surface area contributed by atoms with Crippen molar-refractivity contribution in [2.75, 3.05) is 54.0 Å². The number of ether oxygens (including phenoxy) is 1. The normalized spacial score (nSPS) is 25.2. The molecule has 3 rings (SSSR count). The highest BCUT2D eigenvalue weighted by molar-refractivity contribution is 5.88. The highest BCUT2D eigenvalue weighted by Crippen LogP contribution is 2.48. The number of hydrogen-bond acceptors (Lipinski definition) is 5. The largest absolute Gasteiger partial charge is 0.385 e. The molecule has 1 aliphatic heterocycles. The number of nitrogens with two attached hydrogens (primary N) is 1. The molecule has 182 valence electrons. The van der Waals surface area contributed by atoms with Gasteiger partial charge in [0.25, 0.3) is 0 Å². The Hall–Kier alpha value is -2.65. The number of nitrogens with zero attached hydrogens (tertiary/aromatic N) is 3. The molecule has 0 bridgehead atoms. The summed E-state index contributed by atoms with van der Waals surface area (Å²) in [6, 6.07) is 10.4. The molecule has 9 nitrogen and oxygen atoms in total. The Morgan fingerprint density at radius 1 is 1.15 bits per heavy atom. The number of nitrogens with one attached hydrogen (secondary N) is 1. The van der Waals surface area contributed by atoms with Gasteiger partial charge in [0.2, 0.25) is 11.8 Å².